The summed E-state index contributed by atoms with van der Waals surface area (Å²) in [6.07, 6.45) is 2.36. The monoisotopic (exact) mass is 439 g/mol. The van der Waals surface area contributed by atoms with Crippen molar-refractivity contribution in [1.29, 1.82) is 0 Å². The molecule has 0 amide bonds. The van der Waals surface area contributed by atoms with Crippen LogP contribution in [0.4, 0.5) is 0 Å². The van der Waals surface area contributed by atoms with Crippen LogP contribution >= 0.6 is 12.4 Å². The number of sulfone groups is 1. The minimum atomic E-state index is -3.53. The lowest BCUT2D eigenvalue weighted by Crippen LogP contribution is -2.49. The zero-order chi connectivity index (χ0) is 20.1. The Hall–Kier alpha value is -2.14. The van der Waals surface area contributed by atoms with Crippen LogP contribution in [0, 0.1) is 6.92 Å². The van der Waals surface area contributed by atoms with Gasteiger partial charge in [0, 0.05) is 6.04 Å². The second-order valence-electron chi connectivity index (χ2n) is 8.24. The molecule has 0 spiro atoms. The first-order valence-corrected chi connectivity index (χ1v) is 11.7. The van der Waals surface area contributed by atoms with Crippen molar-refractivity contribution in [3.05, 3.63) is 89.5 Å². The molecule has 1 saturated heterocycles. The van der Waals surface area contributed by atoms with Gasteiger partial charge in [0.1, 0.15) is 4.75 Å². The molecule has 5 heteroatoms. The average molecular weight is 440 g/mol. The summed E-state index contributed by atoms with van der Waals surface area (Å²) in [5, 5.41) is 3.49. The van der Waals surface area contributed by atoms with Crippen LogP contribution in [0.2, 0.25) is 0 Å². The summed E-state index contributed by atoms with van der Waals surface area (Å²) in [4.78, 5) is 0.428. The fraction of sp³-hybridized carbons (Fsp3) is 0.280. The van der Waals surface area contributed by atoms with Crippen molar-refractivity contribution < 1.29 is 8.42 Å². The number of halogens is 1. The van der Waals surface area contributed by atoms with Crippen LogP contribution in [-0.2, 0) is 21.0 Å². The highest BCUT2D eigenvalue weighted by atomic mass is 35.5. The molecular weight excluding hydrogens is 414 g/mol. The molecule has 3 aromatic carbocycles. The van der Waals surface area contributed by atoms with Crippen LogP contribution in [-0.4, -0.2) is 21.0 Å². The van der Waals surface area contributed by atoms with Crippen molar-refractivity contribution in [3.63, 3.8) is 0 Å². The molecule has 1 heterocycles. The van der Waals surface area contributed by atoms with Gasteiger partial charge in [0.2, 0.25) is 0 Å². The minimum absolute atomic E-state index is 0. The first-order valence-electron chi connectivity index (χ1n) is 10.3. The molecule has 0 radical (unpaired) electrons. The number of aryl methyl sites for hydroxylation is 2. The first-order chi connectivity index (χ1) is 14.0. The average Bonchev–Trinajstić information content (AvgIpc) is 3.20. The van der Waals surface area contributed by atoms with Gasteiger partial charge in [-0.25, -0.2) is 8.42 Å². The molecule has 5 rings (SSSR count). The highest BCUT2D eigenvalue weighted by Crippen LogP contribution is 2.50. The zero-order valence-electron chi connectivity index (χ0n) is 17.0. The lowest BCUT2D eigenvalue weighted by atomic mass is 9.78. The molecule has 0 bridgehead atoms. The lowest BCUT2D eigenvalue weighted by molar-refractivity contribution is 0.416. The molecule has 156 valence electrons. The normalized spacial score (nSPS) is 22.6. The zero-order valence-corrected chi connectivity index (χ0v) is 18.6. The summed E-state index contributed by atoms with van der Waals surface area (Å²) in [6.45, 7) is 2.71. The Morgan fingerprint density at radius 2 is 1.67 bits per heavy atom. The van der Waals surface area contributed by atoms with Crippen molar-refractivity contribution in [2.75, 3.05) is 6.54 Å². The van der Waals surface area contributed by atoms with Crippen molar-refractivity contribution >= 4 is 22.2 Å². The maximum atomic E-state index is 14.0. The largest absolute Gasteiger partial charge is 0.312 e. The first kappa shape index (κ1) is 21.1. The summed E-state index contributed by atoms with van der Waals surface area (Å²) in [5.41, 5.74) is 5.54. The van der Waals surface area contributed by atoms with E-state index >= 15 is 0 Å². The van der Waals surface area contributed by atoms with Gasteiger partial charge in [0.25, 0.3) is 0 Å². The van der Waals surface area contributed by atoms with E-state index in [0.717, 1.165) is 41.6 Å². The van der Waals surface area contributed by atoms with E-state index in [-0.39, 0.29) is 18.4 Å². The van der Waals surface area contributed by atoms with Crippen LogP contribution in [0.15, 0.2) is 77.7 Å². The number of fused-ring (bicyclic) bond motifs is 3. The molecule has 2 atom stereocenters. The van der Waals surface area contributed by atoms with Crippen LogP contribution in [0.3, 0.4) is 0 Å². The predicted octanol–water partition coefficient (Wildman–Crippen LogP) is 5.06. The van der Waals surface area contributed by atoms with E-state index in [1.54, 1.807) is 12.1 Å². The third kappa shape index (κ3) is 3.09. The molecule has 0 saturated carbocycles. The number of rotatable bonds is 3. The quantitative estimate of drug-likeness (QED) is 0.620. The molecule has 2 unspecified atom stereocenters. The van der Waals surface area contributed by atoms with Gasteiger partial charge in [-0.05, 0) is 67.1 Å². The van der Waals surface area contributed by atoms with E-state index in [2.05, 4.69) is 35.6 Å². The van der Waals surface area contributed by atoms with Crippen LogP contribution in [0.25, 0.3) is 11.1 Å². The number of hydrogen-bond acceptors (Lipinski definition) is 3. The van der Waals surface area contributed by atoms with E-state index in [9.17, 15) is 8.42 Å². The minimum Gasteiger partial charge on any atom is -0.312 e. The standard InChI is InChI=1S/C25H25NO2S.ClH/c1-18-7-11-22(12-8-18)29(27,28)25-15-16-26-24(25)14-10-21-17-20(9-13-23(21)25)19-5-3-2-4-6-19;/h2-9,11-13,17,24,26H,10,14-16H2,1H3;1H. The van der Waals surface area contributed by atoms with Crippen molar-refractivity contribution in [3.8, 4) is 11.1 Å². The number of benzene rings is 3. The van der Waals surface area contributed by atoms with Gasteiger partial charge in [-0.15, -0.1) is 12.4 Å². The Bertz CT molecular complexity index is 1160. The molecule has 30 heavy (non-hydrogen) atoms. The molecule has 3 aromatic rings. The molecule has 2 aliphatic rings. The van der Waals surface area contributed by atoms with Crippen molar-refractivity contribution in [2.24, 2.45) is 0 Å². The van der Waals surface area contributed by atoms with E-state index < -0.39 is 14.6 Å². The Balaban J connectivity index is 0.00000218. The van der Waals surface area contributed by atoms with Gasteiger partial charge in [-0.3, -0.25) is 0 Å². The topological polar surface area (TPSA) is 46.2 Å². The van der Waals surface area contributed by atoms with E-state index in [1.165, 1.54) is 5.56 Å². The smallest absolute Gasteiger partial charge is 0.189 e. The molecule has 1 N–H and O–H groups in total. The highest BCUT2D eigenvalue weighted by molar-refractivity contribution is 7.92. The van der Waals surface area contributed by atoms with Gasteiger partial charge < -0.3 is 5.32 Å². The maximum absolute atomic E-state index is 14.0. The van der Waals surface area contributed by atoms with Gasteiger partial charge in [0.15, 0.2) is 9.84 Å². The summed E-state index contributed by atoms with van der Waals surface area (Å²) < 4.78 is 27.1. The molecule has 1 fully saturated rings. The van der Waals surface area contributed by atoms with E-state index in [1.807, 2.05) is 37.3 Å². The van der Waals surface area contributed by atoms with Crippen molar-refractivity contribution in [1.82, 2.24) is 5.32 Å². The van der Waals surface area contributed by atoms with Crippen molar-refractivity contribution in [2.45, 2.75) is 41.9 Å². The second kappa shape index (κ2) is 7.84. The fourth-order valence-electron chi connectivity index (χ4n) is 5.15. The van der Waals surface area contributed by atoms with Crippen LogP contribution < -0.4 is 5.32 Å². The summed E-state index contributed by atoms with van der Waals surface area (Å²) in [7, 11) is -3.53. The second-order valence-corrected chi connectivity index (χ2v) is 10.4. The molecular formula is C25H26ClNO2S. The molecule has 1 aliphatic heterocycles. The fourth-order valence-corrected chi connectivity index (χ4v) is 7.50. The van der Waals surface area contributed by atoms with Crippen LogP contribution in [0.5, 0.6) is 0 Å². The van der Waals surface area contributed by atoms with Gasteiger partial charge in [-0.1, -0.05) is 66.2 Å². The lowest BCUT2D eigenvalue weighted by Gasteiger charge is -2.40. The molecule has 3 nitrogen and oxygen atoms in total. The Kier molecular flexibility index (Phi) is 5.52. The molecule has 1 aliphatic carbocycles. The number of nitrogens with one attached hydrogen (secondary N) is 1. The van der Waals surface area contributed by atoms with Crippen LogP contribution in [0.1, 0.15) is 29.5 Å². The van der Waals surface area contributed by atoms with E-state index in [0.29, 0.717) is 11.3 Å². The highest BCUT2D eigenvalue weighted by Gasteiger charge is 2.56. The predicted molar refractivity (Wildman–Crippen MR) is 124 cm³/mol. The summed E-state index contributed by atoms with van der Waals surface area (Å²) in [6, 6.07) is 23.9. The van der Waals surface area contributed by atoms with Gasteiger partial charge >= 0.3 is 0 Å². The van der Waals surface area contributed by atoms with E-state index in [4.69, 9.17) is 0 Å². The Morgan fingerprint density at radius 1 is 0.933 bits per heavy atom. The maximum Gasteiger partial charge on any atom is 0.189 e. The summed E-state index contributed by atoms with van der Waals surface area (Å²) >= 11 is 0. The van der Waals surface area contributed by atoms with Gasteiger partial charge in [-0.2, -0.15) is 0 Å². The van der Waals surface area contributed by atoms with Gasteiger partial charge in [0.05, 0.1) is 4.90 Å². The SMILES string of the molecule is Cc1ccc(S(=O)(=O)C23CCNC2CCc2cc(-c4ccccc4)ccc23)cc1.Cl. The third-order valence-corrected chi connectivity index (χ3v) is 9.19. The third-order valence-electron chi connectivity index (χ3n) is 6.63. The molecule has 0 aromatic heterocycles. The Morgan fingerprint density at radius 3 is 2.40 bits per heavy atom. The Labute approximate surface area is 184 Å². The summed E-state index contributed by atoms with van der Waals surface area (Å²) in [5.74, 6) is 0. The number of hydrogen-bond donors (Lipinski definition) is 1.